The number of benzene rings is 2. The van der Waals surface area contributed by atoms with Crippen LogP contribution in [0.1, 0.15) is 41.9 Å². The van der Waals surface area contributed by atoms with Crippen LogP contribution in [0, 0.1) is 5.95 Å². The Kier molecular flexibility index (Phi) is 7.19. The van der Waals surface area contributed by atoms with Gasteiger partial charge in [0.2, 0.25) is 5.95 Å². The topological polar surface area (TPSA) is 86.8 Å². The summed E-state index contributed by atoms with van der Waals surface area (Å²) in [5.41, 5.74) is 0.372. The minimum Gasteiger partial charge on any atom is -0.493 e. The molecule has 0 unspecified atom stereocenters. The third-order valence-corrected chi connectivity index (χ3v) is 7.82. The Bertz CT molecular complexity index is 1430. The van der Waals surface area contributed by atoms with Crippen LogP contribution in [-0.2, 0) is 20.9 Å². The fraction of sp³-hybridized carbons (Fsp3) is 0.346. The highest BCUT2D eigenvalue weighted by Crippen LogP contribution is 2.44. The lowest BCUT2D eigenvalue weighted by Gasteiger charge is -2.30. The van der Waals surface area contributed by atoms with Crippen LogP contribution in [0.5, 0.6) is 11.5 Å². The molecule has 12 heteroatoms. The summed E-state index contributed by atoms with van der Waals surface area (Å²) in [5, 5.41) is 0. The van der Waals surface area contributed by atoms with E-state index in [2.05, 4.69) is 9.71 Å². The largest absolute Gasteiger partial charge is 0.493 e. The molecule has 1 atom stereocenters. The third-order valence-electron chi connectivity index (χ3n) is 6.47. The molecule has 1 N–H and O–H groups in total. The molecule has 0 amide bonds. The first-order valence-corrected chi connectivity index (χ1v) is 13.5. The van der Waals surface area contributed by atoms with E-state index >= 15 is 0 Å². The van der Waals surface area contributed by atoms with Gasteiger partial charge in [0.25, 0.3) is 10.0 Å². The van der Waals surface area contributed by atoms with Gasteiger partial charge in [-0.15, -0.1) is 0 Å². The quantitative estimate of drug-likeness (QED) is 0.321. The van der Waals surface area contributed by atoms with E-state index in [1.165, 1.54) is 30.3 Å². The summed E-state index contributed by atoms with van der Waals surface area (Å²) in [4.78, 5) is 3.38. The summed E-state index contributed by atoms with van der Waals surface area (Å²) >= 11 is 0. The summed E-state index contributed by atoms with van der Waals surface area (Å²) in [6.07, 6.45) is -3.23. The van der Waals surface area contributed by atoms with E-state index in [4.69, 9.17) is 14.2 Å². The zero-order valence-corrected chi connectivity index (χ0v) is 20.8. The van der Waals surface area contributed by atoms with E-state index < -0.39 is 27.7 Å². The number of nitrogens with zero attached hydrogens (tertiary/aromatic N) is 1. The van der Waals surface area contributed by atoms with Gasteiger partial charge >= 0.3 is 6.18 Å². The predicted molar refractivity (Wildman–Crippen MR) is 129 cm³/mol. The maximum Gasteiger partial charge on any atom is 0.416 e. The molecular formula is C26H24F4N2O5S. The van der Waals surface area contributed by atoms with E-state index in [-0.39, 0.29) is 40.8 Å². The van der Waals surface area contributed by atoms with Crippen molar-refractivity contribution in [3.63, 3.8) is 0 Å². The molecule has 0 spiro atoms. The van der Waals surface area contributed by atoms with E-state index in [0.29, 0.717) is 43.6 Å². The van der Waals surface area contributed by atoms with Crippen LogP contribution >= 0.6 is 0 Å². The molecule has 2 aliphatic heterocycles. The highest BCUT2D eigenvalue weighted by Gasteiger charge is 2.34. The lowest BCUT2D eigenvalue weighted by molar-refractivity contribution is -0.137. The Hall–Kier alpha value is -3.38. The smallest absolute Gasteiger partial charge is 0.416 e. The molecule has 5 rings (SSSR count). The van der Waals surface area contributed by atoms with Gasteiger partial charge in [0.1, 0.15) is 23.4 Å². The number of nitrogens with one attached hydrogen (secondary N) is 1. The first-order chi connectivity index (χ1) is 18.1. The normalized spacial score (nSPS) is 18.4. The molecular weight excluding hydrogens is 528 g/mol. The summed E-state index contributed by atoms with van der Waals surface area (Å²) in [6.45, 7) is 1.16. The van der Waals surface area contributed by atoms with Crippen molar-refractivity contribution in [2.45, 2.75) is 42.4 Å². The molecule has 0 bridgehead atoms. The highest BCUT2D eigenvalue weighted by molar-refractivity contribution is 7.92. The van der Waals surface area contributed by atoms with Crippen LogP contribution in [0.15, 0.2) is 59.5 Å². The molecule has 1 aromatic heterocycles. The number of alkyl halides is 3. The van der Waals surface area contributed by atoms with Crippen molar-refractivity contribution in [3.8, 4) is 11.5 Å². The minimum absolute atomic E-state index is 0.131. The van der Waals surface area contributed by atoms with Crippen molar-refractivity contribution < 1.29 is 40.2 Å². The molecule has 2 aliphatic rings. The van der Waals surface area contributed by atoms with Crippen LogP contribution < -0.4 is 14.2 Å². The van der Waals surface area contributed by atoms with Crippen molar-refractivity contribution in [2.75, 3.05) is 24.5 Å². The van der Waals surface area contributed by atoms with E-state index in [0.717, 1.165) is 18.2 Å². The Morgan fingerprint density at radius 2 is 1.71 bits per heavy atom. The molecule has 1 fully saturated rings. The lowest BCUT2D eigenvalue weighted by atomic mass is 9.85. The molecule has 3 aromatic rings. The standard InChI is InChI=1S/C26H24F4N2O5S/c27-24-2-1-3-25(31-24)32-38(33,34)18-5-7-20-19(10-13-36-22(20)15-18)21-6-4-16(26(28,29)30)14-23(21)37-17-8-11-35-12-9-17/h1-7,14-15,17,19H,8-13H2,(H,31,32)/t19-/m0/s1. The number of hydrogen-bond donors (Lipinski definition) is 1. The number of rotatable bonds is 6. The molecule has 38 heavy (non-hydrogen) atoms. The lowest BCUT2D eigenvalue weighted by Crippen LogP contribution is -2.27. The number of fused-ring (bicyclic) bond motifs is 1. The fourth-order valence-electron chi connectivity index (χ4n) is 4.60. The molecule has 0 saturated carbocycles. The fourth-order valence-corrected chi connectivity index (χ4v) is 5.61. The molecule has 3 heterocycles. The predicted octanol–water partition coefficient (Wildman–Crippen LogP) is 5.51. The molecule has 0 aliphatic carbocycles. The van der Waals surface area contributed by atoms with Gasteiger partial charge in [0.15, 0.2) is 0 Å². The SMILES string of the molecule is O=S(=O)(Nc1cccc(F)n1)c1ccc2c(c1)OCC[C@@H]2c1ccc(C(F)(F)F)cc1OC1CCOCC1. The monoisotopic (exact) mass is 552 g/mol. The van der Waals surface area contributed by atoms with Gasteiger partial charge in [-0.1, -0.05) is 18.2 Å². The minimum atomic E-state index is -4.54. The van der Waals surface area contributed by atoms with E-state index in [9.17, 15) is 26.0 Å². The van der Waals surface area contributed by atoms with Gasteiger partial charge in [-0.2, -0.15) is 17.6 Å². The molecule has 202 valence electrons. The summed E-state index contributed by atoms with van der Waals surface area (Å²) < 4.78 is 99.1. The average molecular weight is 553 g/mol. The van der Waals surface area contributed by atoms with Gasteiger partial charge < -0.3 is 14.2 Å². The van der Waals surface area contributed by atoms with E-state index in [1.807, 2.05) is 0 Å². The number of halogens is 4. The summed E-state index contributed by atoms with van der Waals surface area (Å²) in [5.74, 6) is -0.975. The van der Waals surface area contributed by atoms with Crippen molar-refractivity contribution in [1.29, 1.82) is 0 Å². The Morgan fingerprint density at radius 1 is 0.947 bits per heavy atom. The van der Waals surface area contributed by atoms with Crippen molar-refractivity contribution >= 4 is 15.8 Å². The van der Waals surface area contributed by atoms with Crippen molar-refractivity contribution in [1.82, 2.24) is 4.98 Å². The van der Waals surface area contributed by atoms with Crippen molar-refractivity contribution in [3.05, 3.63) is 77.2 Å². The number of hydrogen-bond acceptors (Lipinski definition) is 6. The first-order valence-electron chi connectivity index (χ1n) is 12.0. The zero-order valence-electron chi connectivity index (χ0n) is 20.0. The van der Waals surface area contributed by atoms with Crippen molar-refractivity contribution in [2.24, 2.45) is 0 Å². The van der Waals surface area contributed by atoms with E-state index in [1.54, 1.807) is 6.07 Å². The first kappa shape index (κ1) is 26.2. The number of sulfonamides is 1. The van der Waals surface area contributed by atoms with Crippen LogP contribution in [0.4, 0.5) is 23.4 Å². The second-order valence-electron chi connectivity index (χ2n) is 9.02. The molecule has 2 aromatic carbocycles. The number of anilines is 1. The molecule has 0 radical (unpaired) electrons. The van der Waals surface area contributed by atoms with Gasteiger partial charge in [0.05, 0.1) is 30.3 Å². The Morgan fingerprint density at radius 3 is 2.45 bits per heavy atom. The Labute approximate surface area is 216 Å². The third kappa shape index (κ3) is 5.70. The number of aromatic nitrogens is 1. The van der Waals surface area contributed by atoms with Crippen LogP contribution in [-0.4, -0.2) is 39.3 Å². The maximum atomic E-state index is 13.5. The van der Waals surface area contributed by atoms with Crippen LogP contribution in [0.2, 0.25) is 0 Å². The zero-order chi connectivity index (χ0) is 26.9. The summed E-state index contributed by atoms with van der Waals surface area (Å²) in [7, 11) is -4.12. The molecule has 7 nitrogen and oxygen atoms in total. The summed E-state index contributed by atoms with van der Waals surface area (Å²) in [6, 6.07) is 11.5. The number of pyridine rings is 1. The highest BCUT2D eigenvalue weighted by atomic mass is 32.2. The second-order valence-corrected chi connectivity index (χ2v) is 10.7. The Balaban J connectivity index is 1.48. The van der Waals surface area contributed by atoms with Gasteiger partial charge in [0, 0.05) is 36.0 Å². The van der Waals surface area contributed by atoms with Gasteiger partial charge in [-0.05, 0) is 36.8 Å². The second kappa shape index (κ2) is 10.4. The average Bonchev–Trinajstić information content (AvgIpc) is 2.88. The molecule has 1 saturated heterocycles. The van der Waals surface area contributed by atoms with Gasteiger partial charge in [-0.3, -0.25) is 4.72 Å². The maximum absolute atomic E-state index is 13.5. The van der Waals surface area contributed by atoms with Crippen LogP contribution in [0.3, 0.4) is 0 Å². The van der Waals surface area contributed by atoms with Crippen LogP contribution in [0.25, 0.3) is 0 Å². The number of ether oxygens (including phenoxy) is 3. The van der Waals surface area contributed by atoms with Gasteiger partial charge in [-0.25, -0.2) is 13.4 Å².